The van der Waals surface area contributed by atoms with E-state index in [1.54, 1.807) is 0 Å². The van der Waals surface area contributed by atoms with Crippen LogP contribution >= 0.6 is 11.6 Å². The Morgan fingerprint density at radius 2 is 2.14 bits per heavy atom. The van der Waals surface area contributed by atoms with Gasteiger partial charge in [0.25, 0.3) is 0 Å². The van der Waals surface area contributed by atoms with Crippen LogP contribution in [0.2, 0.25) is 5.02 Å². The van der Waals surface area contributed by atoms with Crippen molar-refractivity contribution >= 4 is 34.7 Å². The highest BCUT2D eigenvalue weighted by atomic mass is 35.5. The highest BCUT2D eigenvalue weighted by Gasteiger charge is 2.23. The van der Waals surface area contributed by atoms with Gasteiger partial charge in [0, 0.05) is 5.02 Å². The van der Waals surface area contributed by atoms with Gasteiger partial charge in [-0.2, -0.15) is 4.98 Å². The molecule has 0 spiro atoms. The fourth-order valence-corrected chi connectivity index (χ4v) is 1.83. The van der Waals surface area contributed by atoms with Gasteiger partial charge in [-0.25, -0.2) is 15.2 Å². The molecule has 0 amide bonds. The summed E-state index contributed by atoms with van der Waals surface area (Å²) in [6.07, 6.45) is 0. The molecule has 2 aromatic rings. The van der Waals surface area contributed by atoms with Crippen molar-refractivity contribution in [3.05, 3.63) is 44.8 Å². The van der Waals surface area contributed by atoms with E-state index < -0.39 is 10.7 Å². The summed E-state index contributed by atoms with van der Waals surface area (Å²) >= 11 is 5.77. The van der Waals surface area contributed by atoms with Crippen molar-refractivity contribution in [3.63, 3.8) is 0 Å². The topological polar surface area (TPSA) is 119 Å². The first-order valence-corrected chi connectivity index (χ1v) is 6.02. The second kappa shape index (κ2) is 5.85. The van der Waals surface area contributed by atoms with Crippen molar-refractivity contribution < 1.29 is 9.31 Å². The lowest BCUT2D eigenvalue weighted by atomic mass is 10.3. The molecule has 10 heteroatoms. The Kier molecular flexibility index (Phi) is 4.15. The number of benzene rings is 1. The highest BCUT2D eigenvalue weighted by Crippen LogP contribution is 2.31. The minimum absolute atomic E-state index is 0.0389. The Balaban J connectivity index is 2.54. The summed E-state index contributed by atoms with van der Waals surface area (Å²) < 4.78 is 13.7. The van der Waals surface area contributed by atoms with Crippen molar-refractivity contribution in [3.8, 4) is 0 Å². The number of anilines is 3. The van der Waals surface area contributed by atoms with E-state index in [1.807, 2.05) is 0 Å². The summed E-state index contributed by atoms with van der Waals surface area (Å²) in [5, 5.41) is 13.9. The van der Waals surface area contributed by atoms with Crippen molar-refractivity contribution in [2.45, 2.75) is 6.92 Å². The first kappa shape index (κ1) is 14.9. The molecule has 110 valence electrons. The SMILES string of the molecule is Cc1nc(NN)nc(Nc2cc(Cl)ccc2F)c1[N+](=O)[O-]. The number of hydrogen-bond acceptors (Lipinski definition) is 7. The molecule has 8 nitrogen and oxygen atoms in total. The Hall–Kier alpha value is -2.52. The molecule has 1 aromatic carbocycles. The number of nitrogens with two attached hydrogens (primary N) is 1. The Morgan fingerprint density at radius 3 is 2.76 bits per heavy atom. The fraction of sp³-hybridized carbons (Fsp3) is 0.0909. The Labute approximate surface area is 123 Å². The largest absolute Gasteiger partial charge is 0.332 e. The molecule has 0 aliphatic rings. The number of hydrogen-bond donors (Lipinski definition) is 3. The number of rotatable bonds is 4. The lowest BCUT2D eigenvalue weighted by Crippen LogP contribution is -2.13. The van der Waals surface area contributed by atoms with Gasteiger partial charge in [0.05, 0.1) is 10.6 Å². The first-order chi connectivity index (χ1) is 9.92. The predicted molar refractivity (Wildman–Crippen MR) is 75.9 cm³/mol. The van der Waals surface area contributed by atoms with E-state index in [-0.39, 0.29) is 33.9 Å². The van der Waals surface area contributed by atoms with Crippen molar-refractivity contribution in [2.24, 2.45) is 5.84 Å². The van der Waals surface area contributed by atoms with Crippen LogP contribution in [0.1, 0.15) is 5.69 Å². The second-order valence-corrected chi connectivity index (χ2v) is 4.42. The average Bonchev–Trinajstić information content (AvgIpc) is 2.41. The predicted octanol–water partition coefficient (Wildman–Crippen LogP) is 2.51. The van der Waals surface area contributed by atoms with Crippen LogP contribution in [0.4, 0.5) is 27.5 Å². The number of nitrogen functional groups attached to an aromatic ring is 1. The molecular formula is C11H10ClFN6O2. The molecule has 0 unspecified atom stereocenters. The molecule has 0 atom stereocenters. The third kappa shape index (κ3) is 3.15. The average molecular weight is 313 g/mol. The number of aryl methyl sites for hydroxylation is 1. The standard InChI is InChI=1S/C11H10ClFN6O2/c1-5-9(19(20)21)10(17-11(15-5)18-14)16-8-4-6(12)2-3-7(8)13/h2-4H,14H2,1H3,(H2,15,16,17,18). The van der Waals surface area contributed by atoms with Crippen LogP contribution in [0.5, 0.6) is 0 Å². The molecule has 2 rings (SSSR count). The minimum Gasteiger partial charge on any atom is -0.332 e. The van der Waals surface area contributed by atoms with Crippen LogP contribution in [-0.4, -0.2) is 14.9 Å². The molecule has 1 aromatic heterocycles. The quantitative estimate of drug-likeness (QED) is 0.451. The summed E-state index contributed by atoms with van der Waals surface area (Å²) in [7, 11) is 0. The molecule has 0 saturated heterocycles. The van der Waals surface area contributed by atoms with Gasteiger partial charge in [-0.15, -0.1) is 0 Å². The van der Waals surface area contributed by atoms with Crippen LogP contribution in [0.25, 0.3) is 0 Å². The van der Waals surface area contributed by atoms with Crippen LogP contribution in [0.3, 0.4) is 0 Å². The third-order valence-corrected chi connectivity index (χ3v) is 2.79. The van der Waals surface area contributed by atoms with E-state index in [4.69, 9.17) is 17.4 Å². The Morgan fingerprint density at radius 1 is 1.43 bits per heavy atom. The second-order valence-electron chi connectivity index (χ2n) is 3.98. The summed E-state index contributed by atoms with van der Waals surface area (Å²) in [6, 6.07) is 3.77. The molecule has 0 fully saturated rings. The molecule has 21 heavy (non-hydrogen) atoms. The van der Waals surface area contributed by atoms with E-state index in [0.29, 0.717) is 0 Å². The van der Waals surface area contributed by atoms with E-state index in [9.17, 15) is 14.5 Å². The van der Waals surface area contributed by atoms with Crippen LogP contribution in [0.15, 0.2) is 18.2 Å². The fourth-order valence-electron chi connectivity index (χ4n) is 1.66. The van der Waals surface area contributed by atoms with Gasteiger partial charge in [0.2, 0.25) is 11.8 Å². The van der Waals surface area contributed by atoms with E-state index in [2.05, 4.69) is 20.7 Å². The molecule has 4 N–H and O–H groups in total. The monoisotopic (exact) mass is 312 g/mol. The Bertz CT molecular complexity index is 711. The number of nitro groups is 1. The van der Waals surface area contributed by atoms with Gasteiger partial charge in [-0.3, -0.25) is 15.5 Å². The number of nitrogens with zero attached hydrogens (tertiary/aromatic N) is 3. The van der Waals surface area contributed by atoms with Crippen LogP contribution < -0.4 is 16.6 Å². The number of halogens is 2. The van der Waals surface area contributed by atoms with E-state index in [1.165, 1.54) is 19.1 Å². The zero-order chi connectivity index (χ0) is 15.6. The van der Waals surface area contributed by atoms with Gasteiger partial charge in [-0.1, -0.05) is 11.6 Å². The van der Waals surface area contributed by atoms with Crippen LogP contribution in [0, 0.1) is 22.9 Å². The van der Waals surface area contributed by atoms with Gasteiger partial charge >= 0.3 is 5.69 Å². The first-order valence-electron chi connectivity index (χ1n) is 5.64. The molecule has 0 bridgehead atoms. The smallest absolute Gasteiger partial charge is 0.332 e. The normalized spacial score (nSPS) is 10.3. The minimum atomic E-state index is -0.666. The van der Waals surface area contributed by atoms with Crippen molar-refractivity contribution in [2.75, 3.05) is 10.7 Å². The van der Waals surface area contributed by atoms with Gasteiger partial charge in [0.1, 0.15) is 11.5 Å². The van der Waals surface area contributed by atoms with Crippen LogP contribution in [-0.2, 0) is 0 Å². The lowest BCUT2D eigenvalue weighted by molar-refractivity contribution is -0.385. The maximum Gasteiger partial charge on any atom is 0.332 e. The molecule has 0 radical (unpaired) electrons. The summed E-state index contributed by atoms with van der Waals surface area (Å²) in [5.74, 6) is 4.33. The van der Waals surface area contributed by atoms with Gasteiger partial charge < -0.3 is 5.32 Å². The van der Waals surface area contributed by atoms with E-state index >= 15 is 0 Å². The van der Waals surface area contributed by atoms with Gasteiger partial charge in [0.15, 0.2) is 0 Å². The van der Waals surface area contributed by atoms with Crippen molar-refractivity contribution in [1.82, 2.24) is 9.97 Å². The zero-order valence-electron chi connectivity index (χ0n) is 10.7. The molecule has 0 aliphatic heterocycles. The highest BCUT2D eigenvalue weighted by molar-refractivity contribution is 6.30. The molecule has 0 aliphatic carbocycles. The number of hydrazine groups is 1. The number of aromatic nitrogens is 2. The maximum atomic E-state index is 13.7. The maximum absolute atomic E-state index is 13.7. The third-order valence-electron chi connectivity index (χ3n) is 2.55. The van der Waals surface area contributed by atoms with Gasteiger partial charge in [-0.05, 0) is 25.1 Å². The summed E-state index contributed by atoms with van der Waals surface area (Å²) in [6.45, 7) is 1.42. The summed E-state index contributed by atoms with van der Waals surface area (Å²) in [4.78, 5) is 18.1. The zero-order valence-corrected chi connectivity index (χ0v) is 11.5. The molecular weight excluding hydrogens is 303 g/mol. The lowest BCUT2D eigenvalue weighted by Gasteiger charge is -2.10. The molecule has 0 saturated carbocycles. The summed E-state index contributed by atoms with van der Waals surface area (Å²) in [5.41, 5.74) is 1.83. The van der Waals surface area contributed by atoms with E-state index in [0.717, 1.165) is 6.07 Å². The number of nitrogens with one attached hydrogen (secondary N) is 2. The van der Waals surface area contributed by atoms with Crippen molar-refractivity contribution in [1.29, 1.82) is 0 Å². The molecule has 1 heterocycles.